The summed E-state index contributed by atoms with van der Waals surface area (Å²) in [4.78, 5) is 11.7. The molecule has 0 bridgehead atoms. The minimum absolute atomic E-state index is 0.179. The topological polar surface area (TPSA) is 81.2 Å². The van der Waals surface area contributed by atoms with E-state index in [9.17, 15) is 9.18 Å². The fourth-order valence-electron chi connectivity index (χ4n) is 4.33. The van der Waals surface area contributed by atoms with Crippen LogP contribution in [0.4, 0.5) is 10.1 Å². The van der Waals surface area contributed by atoms with Gasteiger partial charge in [-0.05, 0) is 75.2 Å². The molecule has 0 radical (unpaired) electrons. The number of thiocarbonyl (C=S) groups is 1. The van der Waals surface area contributed by atoms with Crippen molar-refractivity contribution in [3.63, 3.8) is 0 Å². The lowest BCUT2D eigenvalue weighted by atomic mass is 9.78. The Kier molecular flexibility index (Phi) is 7.62. The molecule has 2 aromatic rings. The number of carbonyl (C=O) groups excluding carboxylic acids is 1. The van der Waals surface area contributed by atoms with Crippen LogP contribution in [-0.4, -0.2) is 35.6 Å². The van der Waals surface area contributed by atoms with Gasteiger partial charge in [-0.2, -0.15) is 5.10 Å². The van der Waals surface area contributed by atoms with E-state index in [-0.39, 0.29) is 23.0 Å². The lowest BCUT2D eigenvalue weighted by molar-refractivity contribution is -0.145. The summed E-state index contributed by atoms with van der Waals surface area (Å²) < 4.78 is 31.0. The molecule has 0 amide bonds. The maximum Gasteiger partial charge on any atom is 0.344 e. The Morgan fingerprint density at radius 1 is 1.21 bits per heavy atom. The van der Waals surface area contributed by atoms with Crippen molar-refractivity contribution < 1.29 is 23.4 Å². The SMILES string of the molecule is CCOC(=O)COc1ccc2c(c1)/C(=N\NC(=S)Nc1ccccc1F)CC1(CCCCC1)O2. The van der Waals surface area contributed by atoms with Gasteiger partial charge in [-0.1, -0.05) is 18.6 Å². The summed E-state index contributed by atoms with van der Waals surface area (Å²) in [6.45, 7) is 1.86. The highest BCUT2D eigenvalue weighted by Crippen LogP contribution is 2.43. The molecule has 2 aliphatic rings. The summed E-state index contributed by atoms with van der Waals surface area (Å²) in [5, 5.41) is 7.59. The first-order valence-corrected chi connectivity index (χ1v) is 11.9. The normalized spacial score (nSPS) is 17.4. The minimum atomic E-state index is -0.433. The number of nitrogens with zero attached hydrogens (tertiary/aromatic N) is 1. The number of esters is 1. The molecule has 1 saturated carbocycles. The summed E-state index contributed by atoms with van der Waals surface area (Å²) in [6.07, 6.45) is 5.90. The molecule has 1 heterocycles. The third kappa shape index (κ3) is 5.83. The summed E-state index contributed by atoms with van der Waals surface area (Å²) in [6, 6.07) is 11.7. The number of para-hydroxylation sites is 1. The molecule has 9 heteroatoms. The number of rotatable bonds is 6. The van der Waals surface area contributed by atoms with Crippen molar-refractivity contribution in [3.05, 3.63) is 53.8 Å². The van der Waals surface area contributed by atoms with Crippen molar-refractivity contribution in [2.75, 3.05) is 18.5 Å². The fraction of sp³-hybridized carbons (Fsp3) is 0.400. The number of hydrogen-bond acceptors (Lipinski definition) is 6. The average Bonchev–Trinajstić information content (AvgIpc) is 2.83. The van der Waals surface area contributed by atoms with Crippen molar-refractivity contribution in [2.24, 2.45) is 5.10 Å². The second kappa shape index (κ2) is 10.8. The maximum atomic E-state index is 14.0. The molecule has 0 aromatic heterocycles. The molecule has 1 aliphatic heterocycles. The molecular formula is C25H28FN3O4S. The van der Waals surface area contributed by atoms with Crippen molar-refractivity contribution in [2.45, 2.75) is 51.0 Å². The van der Waals surface area contributed by atoms with Gasteiger partial charge in [-0.3, -0.25) is 5.43 Å². The summed E-state index contributed by atoms with van der Waals surface area (Å²) in [5.74, 6) is 0.387. The number of fused-ring (bicyclic) bond motifs is 1. The van der Waals surface area contributed by atoms with Crippen molar-refractivity contribution in [3.8, 4) is 11.5 Å². The van der Waals surface area contributed by atoms with Gasteiger partial charge >= 0.3 is 5.97 Å². The monoisotopic (exact) mass is 485 g/mol. The van der Waals surface area contributed by atoms with Crippen LogP contribution in [0, 0.1) is 5.82 Å². The summed E-state index contributed by atoms with van der Waals surface area (Å²) in [5.41, 5.74) is 4.34. The second-order valence-corrected chi connectivity index (χ2v) is 8.79. The zero-order chi connectivity index (χ0) is 24.0. The molecule has 0 atom stereocenters. The van der Waals surface area contributed by atoms with E-state index in [1.807, 2.05) is 6.07 Å². The molecule has 7 nitrogen and oxygen atoms in total. The first kappa shape index (κ1) is 23.9. The van der Waals surface area contributed by atoms with Gasteiger partial charge in [0.15, 0.2) is 11.7 Å². The quantitative estimate of drug-likeness (QED) is 0.341. The third-order valence-electron chi connectivity index (χ3n) is 5.92. The summed E-state index contributed by atoms with van der Waals surface area (Å²) in [7, 11) is 0. The zero-order valence-corrected chi connectivity index (χ0v) is 19.9. The van der Waals surface area contributed by atoms with Crippen molar-refractivity contribution in [1.82, 2.24) is 5.43 Å². The molecule has 1 aliphatic carbocycles. The predicted octanol–water partition coefficient (Wildman–Crippen LogP) is 4.94. The van der Waals surface area contributed by atoms with E-state index >= 15 is 0 Å². The van der Waals surface area contributed by atoms with Crippen LogP contribution in [-0.2, 0) is 9.53 Å². The number of halogens is 1. The van der Waals surface area contributed by atoms with Crippen molar-refractivity contribution in [1.29, 1.82) is 0 Å². The van der Waals surface area contributed by atoms with Gasteiger partial charge in [-0.15, -0.1) is 0 Å². The number of anilines is 1. The van der Waals surface area contributed by atoms with E-state index in [1.54, 1.807) is 37.3 Å². The average molecular weight is 486 g/mol. The van der Waals surface area contributed by atoms with Crippen LogP contribution in [0.1, 0.15) is 51.0 Å². The number of benzene rings is 2. The smallest absolute Gasteiger partial charge is 0.344 e. The highest BCUT2D eigenvalue weighted by atomic mass is 32.1. The molecule has 2 N–H and O–H groups in total. The molecule has 4 rings (SSSR count). The van der Waals surface area contributed by atoms with Crippen LogP contribution in [0.3, 0.4) is 0 Å². The fourth-order valence-corrected chi connectivity index (χ4v) is 4.49. The van der Waals surface area contributed by atoms with Gasteiger partial charge in [-0.25, -0.2) is 9.18 Å². The Hall–Kier alpha value is -3.20. The van der Waals surface area contributed by atoms with Gasteiger partial charge < -0.3 is 19.5 Å². The molecule has 0 saturated heterocycles. The number of hydrogen-bond donors (Lipinski definition) is 2. The molecule has 180 valence electrons. The van der Waals surface area contributed by atoms with E-state index < -0.39 is 11.8 Å². The van der Waals surface area contributed by atoms with Crippen LogP contribution in [0.15, 0.2) is 47.6 Å². The lowest BCUT2D eigenvalue weighted by Crippen LogP contribution is -2.44. The van der Waals surface area contributed by atoms with Gasteiger partial charge in [0.05, 0.1) is 18.0 Å². The maximum absolute atomic E-state index is 14.0. The van der Waals surface area contributed by atoms with E-state index in [0.29, 0.717) is 24.5 Å². The van der Waals surface area contributed by atoms with Crippen LogP contribution in [0.25, 0.3) is 0 Å². The highest BCUT2D eigenvalue weighted by molar-refractivity contribution is 7.80. The number of ether oxygens (including phenoxy) is 3. The van der Waals surface area contributed by atoms with E-state index in [0.717, 1.165) is 37.0 Å². The minimum Gasteiger partial charge on any atom is -0.486 e. The molecular weight excluding hydrogens is 457 g/mol. The van der Waals surface area contributed by atoms with E-state index in [2.05, 4.69) is 15.8 Å². The highest BCUT2D eigenvalue weighted by Gasteiger charge is 2.40. The van der Waals surface area contributed by atoms with Crippen LogP contribution in [0.5, 0.6) is 11.5 Å². The third-order valence-corrected chi connectivity index (χ3v) is 6.11. The number of hydrazone groups is 1. The predicted molar refractivity (Wildman–Crippen MR) is 132 cm³/mol. The first-order chi connectivity index (χ1) is 16.5. The molecule has 1 fully saturated rings. The van der Waals surface area contributed by atoms with Crippen LogP contribution >= 0.6 is 12.2 Å². The van der Waals surface area contributed by atoms with Crippen molar-refractivity contribution >= 4 is 34.7 Å². The van der Waals surface area contributed by atoms with Crippen LogP contribution in [0.2, 0.25) is 0 Å². The Balaban J connectivity index is 1.55. The Morgan fingerprint density at radius 2 is 2.00 bits per heavy atom. The Labute approximate surface area is 203 Å². The standard InChI is InChI=1S/C25H28FN3O4S/c1-2-31-23(30)16-32-17-10-11-22-18(14-17)21(15-25(33-22)12-6-3-7-13-25)28-29-24(34)27-20-9-5-4-8-19(20)26/h4-5,8-11,14H,2-3,6-7,12-13,15-16H2,1H3,(H2,27,29,34)/b28-21-. The lowest BCUT2D eigenvalue weighted by Gasteiger charge is -2.41. The zero-order valence-electron chi connectivity index (χ0n) is 19.1. The van der Waals surface area contributed by atoms with E-state index in [1.165, 1.54) is 12.5 Å². The first-order valence-electron chi connectivity index (χ1n) is 11.5. The Bertz CT molecular complexity index is 1090. The number of carbonyl (C=O) groups is 1. The summed E-state index contributed by atoms with van der Waals surface area (Å²) >= 11 is 5.33. The van der Waals surface area contributed by atoms with Gasteiger partial charge in [0.25, 0.3) is 0 Å². The van der Waals surface area contributed by atoms with Crippen LogP contribution < -0.4 is 20.2 Å². The van der Waals surface area contributed by atoms with Gasteiger partial charge in [0.1, 0.15) is 22.9 Å². The van der Waals surface area contributed by atoms with Gasteiger partial charge in [0, 0.05) is 12.0 Å². The molecule has 0 unspecified atom stereocenters. The molecule has 2 aromatic carbocycles. The molecule has 34 heavy (non-hydrogen) atoms. The second-order valence-electron chi connectivity index (χ2n) is 8.38. The number of nitrogens with one attached hydrogen (secondary N) is 2. The largest absolute Gasteiger partial charge is 0.486 e. The van der Waals surface area contributed by atoms with E-state index in [4.69, 9.17) is 26.4 Å². The van der Waals surface area contributed by atoms with Gasteiger partial charge in [0.2, 0.25) is 0 Å². The Morgan fingerprint density at radius 3 is 2.76 bits per heavy atom. The molecule has 1 spiro atoms.